The van der Waals surface area contributed by atoms with Gasteiger partial charge in [0.2, 0.25) is 0 Å². The molecular formula is C16H21F4N. The van der Waals surface area contributed by atoms with Crippen LogP contribution < -0.4 is 5.32 Å². The second kappa shape index (κ2) is 6.34. The van der Waals surface area contributed by atoms with E-state index in [1.807, 2.05) is 0 Å². The van der Waals surface area contributed by atoms with Crippen LogP contribution in [0.5, 0.6) is 0 Å². The molecule has 0 radical (unpaired) electrons. The van der Waals surface area contributed by atoms with Crippen LogP contribution in [-0.4, -0.2) is 6.54 Å². The molecule has 1 saturated carbocycles. The fraction of sp³-hybridized carbons (Fsp3) is 0.625. The number of alkyl halides is 3. The Kier molecular flexibility index (Phi) is 4.91. The van der Waals surface area contributed by atoms with Crippen LogP contribution in [0.4, 0.5) is 17.6 Å². The van der Waals surface area contributed by atoms with Crippen molar-refractivity contribution in [3.63, 3.8) is 0 Å². The molecule has 2 rings (SSSR count). The molecule has 0 spiro atoms. The number of nitrogens with one attached hydrogen (secondary N) is 1. The molecule has 0 atom stereocenters. The monoisotopic (exact) mass is 303 g/mol. The molecule has 1 nitrogen and oxygen atoms in total. The lowest BCUT2D eigenvalue weighted by Crippen LogP contribution is -2.31. The molecule has 0 amide bonds. The second-order valence-electron chi connectivity index (χ2n) is 5.98. The van der Waals surface area contributed by atoms with Gasteiger partial charge in [-0.1, -0.05) is 25.8 Å². The first kappa shape index (κ1) is 16.3. The standard InChI is InChI=1S/C16H21F4N/c1-2-15(7-3-4-8-15)11-21-10-12-5-6-14(17)13(9-12)16(18,19)20/h5-6,9,21H,2-4,7-8,10-11H2,1H3. The third kappa shape index (κ3) is 3.96. The molecule has 0 aliphatic heterocycles. The predicted octanol–water partition coefficient (Wildman–Crippen LogP) is 4.90. The van der Waals surface area contributed by atoms with E-state index >= 15 is 0 Å². The number of hydrogen-bond acceptors (Lipinski definition) is 1. The van der Waals surface area contributed by atoms with E-state index in [9.17, 15) is 17.6 Å². The summed E-state index contributed by atoms with van der Waals surface area (Å²) >= 11 is 0. The number of hydrogen-bond donors (Lipinski definition) is 1. The van der Waals surface area contributed by atoms with Crippen LogP contribution >= 0.6 is 0 Å². The molecule has 0 heterocycles. The van der Waals surface area contributed by atoms with Gasteiger partial charge in [0.1, 0.15) is 5.82 Å². The Labute approximate surface area is 122 Å². The molecule has 118 valence electrons. The Hall–Kier alpha value is -1.10. The largest absolute Gasteiger partial charge is 0.419 e. The van der Waals surface area contributed by atoms with Crippen molar-refractivity contribution in [2.75, 3.05) is 6.54 Å². The number of halogens is 4. The maximum absolute atomic E-state index is 13.2. The minimum atomic E-state index is -4.64. The van der Waals surface area contributed by atoms with Gasteiger partial charge in [-0.05, 0) is 42.4 Å². The van der Waals surface area contributed by atoms with E-state index in [2.05, 4.69) is 12.2 Å². The summed E-state index contributed by atoms with van der Waals surface area (Å²) in [5.74, 6) is -1.22. The Balaban J connectivity index is 1.97. The summed E-state index contributed by atoms with van der Waals surface area (Å²) in [5, 5.41) is 3.24. The molecular weight excluding hydrogens is 282 g/mol. The highest BCUT2D eigenvalue weighted by molar-refractivity contribution is 5.27. The zero-order chi connectivity index (χ0) is 15.5. The molecule has 0 aromatic heterocycles. The van der Waals surface area contributed by atoms with E-state index in [0.29, 0.717) is 12.1 Å². The minimum absolute atomic E-state index is 0.285. The Morgan fingerprint density at radius 2 is 1.86 bits per heavy atom. The minimum Gasteiger partial charge on any atom is -0.312 e. The van der Waals surface area contributed by atoms with Crippen molar-refractivity contribution in [2.45, 2.75) is 51.7 Å². The third-order valence-corrected chi connectivity index (χ3v) is 4.58. The van der Waals surface area contributed by atoms with E-state index in [4.69, 9.17) is 0 Å². The van der Waals surface area contributed by atoms with Crippen LogP contribution in [0.15, 0.2) is 18.2 Å². The highest BCUT2D eigenvalue weighted by Crippen LogP contribution is 2.40. The lowest BCUT2D eigenvalue weighted by atomic mass is 9.83. The SMILES string of the molecule is CCC1(CNCc2ccc(F)c(C(F)(F)F)c2)CCCC1. The maximum Gasteiger partial charge on any atom is 0.419 e. The van der Waals surface area contributed by atoms with Crippen molar-refractivity contribution >= 4 is 0 Å². The molecule has 5 heteroatoms. The van der Waals surface area contributed by atoms with Gasteiger partial charge in [-0.2, -0.15) is 13.2 Å². The van der Waals surface area contributed by atoms with Gasteiger partial charge in [0.05, 0.1) is 5.56 Å². The smallest absolute Gasteiger partial charge is 0.312 e. The predicted molar refractivity (Wildman–Crippen MR) is 74.3 cm³/mol. The molecule has 21 heavy (non-hydrogen) atoms. The molecule has 1 aromatic rings. The van der Waals surface area contributed by atoms with E-state index in [1.165, 1.54) is 31.7 Å². The molecule has 1 aliphatic carbocycles. The number of rotatable bonds is 5. The van der Waals surface area contributed by atoms with Crippen molar-refractivity contribution < 1.29 is 17.6 Å². The fourth-order valence-corrected chi connectivity index (χ4v) is 3.15. The van der Waals surface area contributed by atoms with Gasteiger partial charge < -0.3 is 5.32 Å². The highest BCUT2D eigenvalue weighted by atomic mass is 19.4. The molecule has 1 aromatic carbocycles. The van der Waals surface area contributed by atoms with E-state index in [1.54, 1.807) is 0 Å². The van der Waals surface area contributed by atoms with Crippen LogP contribution in [0.2, 0.25) is 0 Å². The molecule has 1 aliphatic rings. The average molecular weight is 303 g/mol. The molecule has 1 fully saturated rings. The first-order valence-electron chi connectivity index (χ1n) is 7.43. The molecule has 0 unspecified atom stereocenters. The quantitative estimate of drug-likeness (QED) is 0.763. The van der Waals surface area contributed by atoms with Crippen LogP contribution in [0.25, 0.3) is 0 Å². The Morgan fingerprint density at radius 3 is 2.43 bits per heavy atom. The van der Waals surface area contributed by atoms with Crippen LogP contribution in [0.1, 0.15) is 50.2 Å². The third-order valence-electron chi connectivity index (χ3n) is 4.58. The zero-order valence-electron chi connectivity index (χ0n) is 12.2. The lowest BCUT2D eigenvalue weighted by molar-refractivity contribution is -0.140. The molecule has 1 N–H and O–H groups in total. The maximum atomic E-state index is 13.2. The van der Waals surface area contributed by atoms with Crippen molar-refractivity contribution in [1.82, 2.24) is 5.32 Å². The summed E-state index contributed by atoms with van der Waals surface area (Å²) in [6.07, 6.45) is 1.24. The van der Waals surface area contributed by atoms with Gasteiger partial charge in [-0.3, -0.25) is 0 Å². The van der Waals surface area contributed by atoms with Gasteiger partial charge >= 0.3 is 6.18 Å². The summed E-state index contributed by atoms with van der Waals surface area (Å²) in [6, 6.07) is 3.20. The van der Waals surface area contributed by atoms with Crippen LogP contribution in [-0.2, 0) is 12.7 Å². The summed E-state index contributed by atoms with van der Waals surface area (Å²) in [7, 11) is 0. The van der Waals surface area contributed by atoms with Gasteiger partial charge in [0.15, 0.2) is 0 Å². The van der Waals surface area contributed by atoms with E-state index in [0.717, 1.165) is 25.1 Å². The number of benzene rings is 1. The van der Waals surface area contributed by atoms with Crippen LogP contribution in [0.3, 0.4) is 0 Å². The van der Waals surface area contributed by atoms with Crippen molar-refractivity contribution in [3.8, 4) is 0 Å². The summed E-state index contributed by atoms with van der Waals surface area (Å²) in [4.78, 5) is 0. The van der Waals surface area contributed by atoms with Gasteiger partial charge in [0, 0.05) is 13.1 Å². The van der Waals surface area contributed by atoms with E-state index in [-0.39, 0.29) is 5.41 Å². The van der Waals surface area contributed by atoms with Crippen molar-refractivity contribution in [3.05, 3.63) is 35.1 Å². The average Bonchev–Trinajstić information content (AvgIpc) is 2.89. The summed E-state index contributed by atoms with van der Waals surface area (Å²) in [5.41, 5.74) is -0.437. The lowest BCUT2D eigenvalue weighted by Gasteiger charge is -2.27. The first-order chi connectivity index (χ1) is 9.86. The molecule has 0 saturated heterocycles. The van der Waals surface area contributed by atoms with E-state index < -0.39 is 17.6 Å². The zero-order valence-corrected chi connectivity index (χ0v) is 12.2. The second-order valence-corrected chi connectivity index (χ2v) is 5.98. The highest BCUT2D eigenvalue weighted by Gasteiger charge is 2.34. The van der Waals surface area contributed by atoms with Crippen molar-refractivity contribution in [1.29, 1.82) is 0 Å². The molecule has 0 bridgehead atoms. The van der Waals surface area contributed by atoms with Gasteiger partial charge in [0.25, 0.3) is 0 Å². The van der Waals surface area contributed by atoms with Gasteiger partial charge in [-0.25, -0.2) is 4.39 Å². The first-order valence-corrected chi connectivity index (χ1v) is 7.43. The summed E-state index contributed by atoms with van der Waals surface area (Å²) < 4.78 is 51.2. The Bertz CT molecular complexity index is 476. The normalized spacial score (nSPS) is 18.1. The van der Waals surface area contributed by atoms with Crippen molar-refractivity contribution in [2.24, 2.45) is 5.41 Å². The van der Waals surface area contributed by atoms with Crippen LogP contribution in [0, 0.1) is 11.2 Å². The summed E-state index contributed by atoms with van der Waals surface area (Å²) in [6.45, 7) is 3.31. The Morgan fingerprint density at radius 1 is 1.19 bits per heavy atom. The fourth-order valence-electron chi connectivity index (χ4n) is 3.15. The van der Waals surface area contributed by atoms with Gasteiger partial charge in [-0.15, -0.1) is 0 Å². The topological polar surface area (TPSA) is 12.0 Å².